The van der Waals surface area contributed by atoms with Crippen molar-refractivity contribution in [3.63, 3.8) is 0 Å². The van der Waals surface area contributed by atoms with Crippen LogP contribution in [0.1, 0.15) is 0 Å². The molecule has 0 rings (SSSR count). The van der Waals surface area contributed by atoms with Gasteiger partial charge in [-0.1, -0.05) is 6.08 Å². The molecule has 0 atom stereocenters. The van der Waals surface area contributed by atoms with Gasteiger partial charge < -0.3 is 24.8 Å². The summed E-state index contributed by atoms with van der Waals surface area (Å²) in [6.45, 7) is 4.90. The maximum Gasteiger partial charge on any atom is 0.101 e. The van der Waals surface area contributed by atoms with Crippen LogP contribution in [0.3, 0.4) is 0 Å². The number of likely N-dealkylation sites (N-methyl/N-ethyl adjacent to an activating group) is 1. The number of hydrogen-bond acceptors (Lipinski definition) is 4. The number of aliphatic hydroxyl groups is 1. The molecule has 0 aliphatic carbocycles. The summed E-state index contributed by atoms with van der Waals surface area (Å²) in [5, 5.41) is 20.6. The molecule has 0 heterocycles. The quantitative estimate of drug-likeness (QED) is 0.313. The summed E-state index contributed by atoms with van der Waals surface area (Å²) < 4.78 is 0.844. The number of aliphatic carboxylic acids is 1. The first-order valence-corrected chi connectivity index (χ1v) is 4.76. The van der Waals surface area contributed by atoms with Crippen molar-refractivity contribution in [3.05, 3.63) is 12.7 Å². The highest BCUT2D eigenvalue weighted by atomic mass is 16.4. The first-order chi connectivity index (χ1) is 6.83. The van der Waals surface area contributed by atoms with Gasteiger partial charge in [-0.3, -0.25) is 0 Å². The third-order valence-corrected chi connectivity index (χ3v) is 1.33. The van der Waals surface area contributed by atoms with Crippen LogP contribution in [0.2, 0.25) is 0 Å². The van der Waals surface area contributed by atoms with E-state index in [1.807, 2.05) is 0 Å². The predicted molar refractivity (Wildman–Crippen MR) is 58.1 cm³/mol. The molecule has 0 unspecified atom stereocenters. The molecule has 0 bridgehead atoms. The summed E-state index contributed by atoms with van der Waals surface area (Å²) in [7, 11) is 6.16. The van der Waals surface area contributed by atoms with Crippen molar-refractivity contribution in [2.45, 2.75) is 0 Å². The number of carbonyl (C=O) groups excluding carboxylic acids is 1. The molecule has 5 heteroatoms. The average molecular weight is 218 g/mol. The van der Waals surface area contributed by atoms with Gasteiger partial charge in [0, 0.05) is 13.1 Å². The van der Waals surface area contributed by atoms with Gasteiger partial charge in [0.05, 0.1) is 33.7 Å². The summed E-state index contributed by atoms with van der Waals surface area (Å²) in [6, 6.07) is 0. The fourth-order valence-corrected chi connectivity index (χ4v) is 0.576. The Hall–Kier alpha value is -0.910. The normalized spacial score (nSPS) is 10.1. The number of nitrogens with zero attached hydrogens (tertiary/aromatic N) is 1. The number of quaternary nitrogens is 1. The Balaban J connectivity index is 0. The molecule has 0 aliphatic rings. The van der Waals surface area contributed by atoms with E-state index in [4.69, 9.17) is 5.11 Å². The smallest absolute Gasteiger partial charge is 0.101 e. The van der Waals surface area contributed by atoms with Crippen molar-refractivity contribution in [3.8, 4) is 0 Å². The highest BCUT2D eigenvalue weighted by Crippen LogP contribution is 1.84. The molecule has 90 valence electrons. The molecule has 0 aromatic carbocycles. The molecule has 0 fully saturated rings. The van der Waals surface area contributed by atoms with E-state index < -0.39 is 5.97 Å². The van der Waals surface area contributed by atoms with Gasteiger partial charge in [0.25, 0.3) is 0 Å². The van der Waals surface area contributed by atoms with Gasteiger partial charge >= 0.3 is 0 Å². The first kappa shape index (κ1) is 16.5. The highest BCUT2D eigenvalue weighted by molar-refractivity contribution is 5.66. The van der Waals surface area contributed by atoms with Crippen molar-refractivity contribution in [1.29, 1.82) is 0 Å². The van der Waals surface area contributed by atoms with Gasteiger partial charge in [-0.2, -0.15) is 0 Å². The van der Waals surface area contributed by atoms with Gasteiger partial charge in [-0.25, -0.2) is 0 Å². The maximum atomic E-state index is 9.67. The Kier molecular flexibility index (Phi) is 10.6. The van der Waals surface area contributed by atoms with E-state index in [0.717, 1.165) is 11.0 Å². The van der Waals surface area contributed by atoms with Crippen LogP contribution in [0.25, 0.3) is 0 Å². The lowest BCUT2D eigenvalue weighted by atomic mass is 10.5. The van der Waals surface area contributed by atoms with Crippen LogP contribution in [-0.2, 0) is 4.79 Å². The summed E-state index contributed by atoms with van der Waals surface area (Å²) in [5.74, 6) is -1.09. The molecule has 0 saturated heterocycles. The molecule has 0 aromatic heterocycles. The molecular formula is C10H22N2O3. The molecule has 15 heavy (non-hydrogen) atoms. The van der Waals surface area contributed by atoms with E-state index >= 15 is 0 Å². The lowest BCUT2D eigenvalue weighted by molar-refractivity contribution is -0.870. The van der Waals surface area contributed by atoms with Crippen LogP contribution in [0, 0.1) is 0 Å². The predicted octanol–water partition coefficient (Wildman–Crippen LogP) is -1.80. The van der Waals surface area contributed by atoms with Crippen molar-refractivity contribution >= 4 is 5.97 Å². The zero-order valence-electron chi connectivity index (χ0n) is 9.82. The van der Waals surface area contributed by atoms with Crippen LogP contribution >= 0.6 is 0 Å². The Morgan fingerprint density at radius 1 is 1.53 bits per heavy atom. The number of nitrogens with one attached hydrogen (secondary N) is 1. The van der Waals surface area contributed by atoms with Gasteiger partial charge in [-0.15, -0.1) is 6.58 Å². The van der Waals surface area contributed by atoms with Crippen molar-refractivity contribution in [1.82, 2.24) is 5.32 Å². The monoisotopic (exact) mass is 218 g/mol. The molecule has 0 saturated carbocycles. The van der Waals surface area contributed by atoms with Crippen LogP contribution in [0.4, 0.5) is 0 Å². The Morgan fingerprint density at radius 2 is 2.07 bits per heavy atom. The largest absolute Gasteiger partial charge is 0.549 e. The van der Waals surface area contributed by atoms with Crippen LogP contribution in [-0.4, -0.2) is 62.9 Å². The van der Waals surface area contributed by atoms with Crippen LogP contribution in [0.15, 0.2) is 12.7 Å². The molecule has 0 spiro atoms. The number of carboxylic acids is 1. The lowest BCUT2D eigenvalue weighted by Crippen LogP contribution is -2.36. The Labute approximate surface area is 91.6 Å². The third kappa shape index (κ3) is 24.6. The van der Waals surface area contributed by atoms with E-state index in [-0.39, 0.29) is 13.2 Å². The molecule has 0 aromatic rings. The number of hydrogen-bond donors (Lipinski definition) is 2. The summed E-state index contributed by atoms with van der Waals surface area (Å²) in [5.41, 5.74) is 0. The summed E-state index contributed by atoms with van der Waals surface area (Å²) in [6.07, 6.45) is 1.59. The zero-order chi connectivity index (χ0) is 12.3. The second kappa shape index (κ2) is 9.64. The minimum Gasteiger partial charge on any atom is -0.549 e. The van der Waals surface area contributed by atoms with Crippen molar-refractivity contribution < 1.29 is 19.5 Å². The number of carboxylic acid groups (broad SMARTS) is 1. The number of rotatable bonds is 6. The third-order valence-electron chi connectivity index (χ3n) is 1.33. The molecular weight excluding hydrogens is 196 g/mol. The summed E-state index contributed by atoms with van der Waals surface area (Å²) in [4.78, 5) is 9.67. The van der Waals surface area contributed by atoms with E-state index in [1.54, 1.807) is 6.08 Å². The van der Waals surface area contributed by atoms with Gasteiger partial charge in [0.15, 0.2) is 0 Å². The summed E-state index contributed by atoms with van der Waals surface area (Å²) >= 11 is 0. The second-order valence-corrected chi connectivity index (χ2v) is 4.03. The maximum absolute atomic E-state index is 9.67. The lowest BCUT2D eigenvalue weighted by Gasteiger charge is -2.21. The molecule has 0 amide bonds. The van der Waals surface area contributed by atoms with Crippen LogP contribution < -0.4 is 10.4 Å². The van der Waals surface area contributed by atoms with E-state index in [9.17, 15) is 9.90 Å². The fraction of sp³-hybridized carbons (Fsp3) is 0.700. The molecule has 5 nitrogen and oxygen atoms in total. The Morgan fingerprint density at radius 3 is 2.27 bits per heavy atom. The molecule has 0 radical (unpaired) electrons. The average Bonchev–Trinajstić information content (AvgIpc) is 2.02. The van der Waals surface area contributed by atoms with Gasteiger partial charge in [0.1, 0.15) is 6.54 Å². The highest BCUT2D eigenvalue weighted by Gasteiger charge is 2.02. The first-order valence-electron chi connectivity index (χ1n) is 4.76. The molecule has 0 aliphatic heterocycles. The van der Waals surface area contributed by atoms with Gasteiger partial charge in [-0.05, 0) is 0 Å². The second-order valence-electron chi connectivity index (χ2n) is 4.03. The fourth-order valence-electron chi connectivity index (χ4n) is 0.576. The van der Waals surface area contributed by atoms with Crippen molar-refractivity contribution in [2.75, 3.05) is 47.4 Å². The van der Waals surface area contributed by atoms with E-state index in [0.29, 0.717) is 6.54 Å². The number of carbonyl (C=O) groups is 1. The molecule has 2 N–H and O–H groups in total. The van der Waals surface area contributed by atoms with E-state index in [1.165, 1.54) is 0 Å². The number of aliphatic hydroxyl groups excluding tert-OH is 1. The topological polar surface area (TPSA) is 72.4 Å². The zero-order valence-corrected chi connectivity index (χ0v) is 9.82. The van der Waals surface area contributed by atoms with Gasteiger partial charge in [0.2, 0.25) is 0 Å². The minimum atomic E-state index is -1.09. The van der Waals surface area contributed by atoms with Crippen molar-refractivity contribution in [2.24, 2.45) is 0 Å². The standard InChI is InChI=1S/C5H9NO2.C5H14NO/c1-2-3-6-4-5(7)8;1-6(2,3)4-5-7/h2,6H,1,3-4H2,(H,7,8);7H,4-5H2,1-3H3/q;+1/p-1. The van der Waals surface area contributed by atoms with Crippen LogP contribution in [0.5, 0.6) is 0 Å². The Bertz CT molecular complexity index is 176. The SMILES string of the molecule is C=CCNCC(=O)[O-].C[N+](C)(C)CCO. The van der Waals surface area contributed by atoms with E-state index in [2.05, 4.69) is 33.0 Å². The minimum absolute atomic E-state index is 0.105.